The predicted octanol–water partition coefficient (Wildman–Crippen LogP) is 4.86. The second-order valence-electron chi connectivity index (χ2n) is 7.59. The lowest BCUT2D eigenvalue weighted by Gasteiger charge is -2.27. The smallest absolute Gasteiger partial charge is 0.295 e. The molecular weight excluding hydrogens is 445 g/mol. The number of aliphatic hydroxyl groups is 1. The first-order valence-corrected chi connectivity index (χ1v) is 11.8. The highest BCUT2D eigenvalue weighted by atomic mass is 32.2. The van der Waals surface area contributed by atoms with Crippen molar-refractivity contribution in [3.63, 3.8) is 0 Å². The van der Waals surface area contributed by atoms with Crippen LogP contribution in [0.15, 0.2) is 88.4 Å². The first-order valence-electron chi connectivity index (χ1n) is 10.3. The minimum atomic E-state index is -4.24. The third-order valence-electron chi connectivity index (χ3n) is 5.39. The summed E-state index contributed by atoms with van der Waals surface area (Å²) < 4.78 is 46.2. The fraction of sp³-hybridized carbons (Fsp3) is 0.160. The molecule has 3 aromatic carbocycles. The zero-order valence-corrected chi connectivity index (χ0v) is 18.8. The van der Waals surface area contributed by atoms with Gasteiger partial charge in [-0.2, -0.15) is 0 Å². The Morgan fingerprint density at radius 3 is 2.15 bits per heavy atom. The van der Waals surface area contributed by atoms with E-state index in [2.05, 4.69) is 0 Å². The fourth-order valence-corrected chi connectivity index (χ4v) is 5.41. The van der Waals surface area contributed by atoms with Gasteiger partial charge in [0.05, 0.1) is 11.5 Å². The average molecular weight is 468 g/mol. The van der Waals surface area contributed by atoms with Crippen molar-refractivity contribution >= 4 is 21.4 Å². The Morgan fingerprint density at radius 2 is 1.58 bits per heavy atom. The van der Waals surface area contributed by atoms with Crippen LogP contribution in [0.25, 0.3) is 0 Å². The van der Waals surface area contributed by atoms with Gasteiger partial charge in [-0.1, -0.05) is 29.8 Å². The molecule has 0 fully saturated rings. The number of amides is 1. The molecule has 170 valence electrons. The Kier molecular flexibility index (Phi) is 5.95. The van der Waals surface area contributed by atoms with Crippen LogP contribution in [0.4, 0.5) is 10.1 Å². The first-order chi connectivity index (χ1) is 15.7. The van der Waals surface area contributed by atoms with Crippen molar-refractivity contribution < 1.29 is 27.4 Å². The summed E-state index contributed by atoms with van der Waals surface area (Å²) in [5.74, 6) is -1.67. The third-order valence-corrected chi connectivity index (χ3v) is 7.28. The Labute approximate surface area is 191 Å². The summed E-state index contributed by atoms with van der Waals surface area (Å²) in [5, 5.41) is 10.8. The van der Waals surface area contributed by atoms with E-state index in [-0.39, 0.29) is 10.6 Å². The van der Waals surface area contributed by atoms with Crippen LogP contribution in [0.3, 0.4) is 0 Å². The Bertz CT molecular complexity index is 1310. The van der Waals surface area contributed by atoms with Gasteiger partial charge in [-0.25, -0.2) is 12.8 Å². The van der Waals surface area contributed by atoms with Crippen molar-refractivity contribution in [3.05, 3.63) is 100 Å². The minimum absolute atomic E-state index is 0.0423. The maximum atomic E-state index is 13.6. The highest BCUT2D eigenvalue weighted by molar-refractivity contribution is 7.95. The maximum Gasteiger partial charge on any atom is 0.295 e. The lowest BCUT2D eigenvalue weighted by molar-refractivity contribution is -0.117. The number of aryl methyl sites for hydroxylation is 1. The quantitative estimate of drug-likeness (QED) is 0.560. The van der Waals surface area contributed by atoms with Crippen LogP contribution in [0, 0.1) is 12.7 Å². The second-order valence-corrected chi connectivity index (χ2v) is 9.50. The van der Waals surface area contributed by atoms with Crippen LogP contribution in [-0.2, 0) is 14.6 Å². The van der Waals surface area contributed by atoms with E-state index in [0.29, 0.717) is 17.9 Å². The number of hydrogen-bond acceptors (Lipinski definition) is 5. The number of carbonyl (C=O) groups is 1. The van der Waals surface area contributed by atoms with E-state index < -0.39 is 38.3 Å². The molecule has 4 rings (SSSR count). The number of sulfone groups is 1. The van der Waals surface area contributed by atoms with Gasteiger partial charge in [0.1, 0.15) is 22.5 Å². The molecule has 1 atom stereocenters. The van der Waals surface area contributed by atoms with Gasteiger partial charge >= 0.3 is 0 Å². The molecule has 0 aromatic heterocycles. The van der Waals surface area contributed by atoms with Crippen LogP contribution in [0.2, 0.25) is 0 Å². The van der Waals surface area contributed by atoms with Crippen LogP contribution < -0.4 is 9.64 Å². The molecule has 8 heteroatoms. The number of benzene rings is 3. The van der Waals surface area contributed by atoms with Gasteiger partial charge in [0.25, 0.3) is 5.91 Å². The topological polar surface area (TPSA) is 83.9 Å². The van der Waals surface area contributed by atoms with Crippen molar-refractivity contribution in [2.24, 2.45) is 0 Å². The van der Waals surface area contributed by atoms with Crippen molar-refractivity contribution in [2.75, 3.05) is 11.5 Å². The number of hydrogen-bond donors (Lipinski definition) is 1. The lowest BCUT2D eigenvalue weighted by atomic mass is 10.1. The Morgan fingerprint density at radius 1 is 0.970 bits per heavy atom. The van der Waals surface area contributed by atoms with E-state index >= 15 is 0 Å². The summed E-state index contributed by atoms with van der Waals surface area (Å²) in [4.78, 5) is 13.8. The van der Waals surface area contributed by atoms with Crippen LogP contribution in [0.5, 0.6) is 5.75 Å². The Balaban J connectivity index is 1.90. The van der Waals surface area contributed by atoms with E-state index in [9.17, 15) is 22.7 Å². The summed E-state index contributed by atoms with van der Waals surface area (Å²) in [5.41, 5.74) is 1.57. The van der Waals surface area contributed by atoms with Gasteiger partial charge in [0.2, 0.25) is 9.84 Å². The maximum absolute atomic E-state index is 13.6. The van der Waals surface area contributed by atoms with Crippen molar-refractivity contribution in [3.8, 4) is 5.75 Å². The first kappa shape index (κ1) is 22.5. The Hall–Kier alpha value is -3.65. The monoisotopic (exact) mass is 467 g/mol. The number of anilines is 1. The molecule has 0 spiro atoms. The van der Waals surface area contributed by atoms with Gasteiger partial charge in [0.15, 0.2) is 5.76 Å². The molecule has 1 amide bonds. The number of halogens is 1. The number of aliphatic hydroxyl groups excluding tert-OH is 1. The van der Waals surface area contributed by atoms with E-state index in [1.165, 1.54) is 36.4 Å². The van der Waals surface area contributed by atoms with Crippen LogP contribution >= 0.6 is 0 Å². The molecule has 0 aliphatic carbocycles. The molecule has 0 radical (unpaired) electrons. The average Bonchev–Trinajstić information content (AvgIpc) is 3.07. The zero-order chi connectivity index (χ0) is 23.8. The van der Waals surface area contributed by atoms with E-state index in [4.69, 9.17) is 4.74 Å². The van der Waals surface area contributed by atoms with Gasteiger partial charge in [-0.05, 0) is 67.9 Å². The van der Waals surface area contributed by atoms with Crippen molar-refractivity contribution in [2.45, 2.75) is 24.8 Å². The molecular formula is C25H22FNO5S. The second kappa shape index (κ2) is 8.71. The minimum Gasteiger partial charge on any atom is -0.502 e. The fourth-order valence-electron chi connectivity index (χ4n) is 3.78. The van der Waals surface area contributed by atoms with Gasteiger partial charge < -0.3 is 9.84 Å². The zero-order valence-electron chi connectivity index (χ0n) is 18.0. The molecule has 33 heavy (non-hydrogen) atoms. The molecule has 0 bridgehead atoms. The highest BCUT2D eigenvalue weighted by Gasteiger charge is 2.47. The van der Waals surface area contributed by atoms with Gasteiger partial charge in [0, 0.05) is 5.69 Å². The molecule has 3 aromatic rings. The molecule has 6 nitrogen and oxygen atoms in total. The summed E-state index contributed by atoms with van der Waals surface area (Å²) >= 11 is 0. The normalized spacial score (nSPS) is 16.4. The lowest BCUT2D eigenvalue weighted by Crippen LogP contribution is -2.31. The number of ether oxygens (including phenoxy) is 1. The standard InChI is InChI=1S/C25H22FNO5S/c1-3-32-20-12-6-17(7-13-20)22-24(33(30,31)21-14-4-16(2)5-15-21)23(28)25(29)27(22)19-10-8-18(26)9-11-19/h4-15,22,28H,3H2,1-2H3/t22-/m1/s1. The largest absolute Gasteiger partial charge is 0.502 e. The van der Waals surface area contributed by atoms with Gasteiger partial charge in [-0.3, -0.25) is 9.69 Å². The summed E-state index contributed by atoms with van der Waals surface area (Å²) in [7, 11) is -4.24. The SMILES string of the molecule is CCOc1ccc([C@@H]2C(S(=O)(=O)c3ccc(C)cc3)=C(O)C(=O)N2c2ccc(F)cc2)cc1. The predicted molar refractivity (Wildman–Crippen MR) is 122 cm³/mol. The highest BCUT2D eigenvalue weighted by Crippen LogP contribution is 2.45. The number of rotatable bonds is 6. The number of carbonyl (C=O) groups excluding carboxylic acids is 1. The molecule has 1 N–H and O–H groups in total. The van der Waals surface area contributed by atoms with Crippen molar-refractivity contribution in [1.82, 2.24) is 0 Å². The molecule has 1 aliphatic heterocycles. The number of nitrogens with zero attached hydrogens (tertiary/aromatic N) is 1. The summed E-state index contributed by atoms with van der Waals surface area (Å²) in [6.45, 7) is 4.12. The summed E-state index contributed by atoms with van der Waals surface area (Å²) in [6.07, 6.45) is 0. The molecule has 1 heterocycles. The summed E-state index contributed by atoms with van der Waals surface area (Å²) in [6, 6.07) is 16.7. The van der Waals surface area contributed by atoms with Crippen LogP contribution in [-0.4, -0.2) is 26.0 Å². The van der Waals surface area contributed by atoms with Gasteiger partial charge in [-0.15, -0.1) is 0 Å². The van der Waals surface area contributed by atoms with E-state index in [1.54, 1.807) is 36.4 Å². The molecule has 0 saturated heterocycles. The third kappa shape index (κ3) is 4.09. The molecule has 0 unspecified atom stereocenters. The van der Waals surface area contributed by atoms with E-state index in [0.717, 1.165) is 10.5 Å². The van der Waals surface area contributed by atoms with E-state index in [1.807, 2.05) is 13.8 Å². The van der Waals surface area contributed by atoms with Crippen molar-refractivity contribution in [1.29, 1.82) is 0 Å². The molecule has 0 saturated carbocycles. The molecule has 1 aliphatic rings. The van der Waals surface area contributed by atoms with Crippen LogP contribution in [0.1, 0.15) is 24.1 Å².